The largest absolute Gasteiger partial charge is 0.294 e. The Morgan fingerprint density at radius 2 is 1.68 bits per heavy atom. The third kappa shape index (κ3) is 4.46. The van der Waals surface area contributed by atoms with Crippen molar-refractivity contribution in [1.29, 1.82) is 0 Å². The third-order valence-electron chi connectivity index (χ3n) is 4.75. The summed E-state index contributed by atoms with van der Waals surface area (Å²) < 4.78 is 50.3. The minimum absolute atomic E-state index is 0.00996. The quantitative estimate of drug-likeness (QED) is 0.665. The van der Waals surface area contributed by atoms with Crippen molar-refractivity contribution in [3.05, 3.63) is 59.1 Å². The molecule has 6 nitrogen and oxygen atoms in total. The first-order valence-electron chi connectivity index (χ1n) is 8.69. The molecule has 1 aliphatic rings. The minimum atomic E-state index is -3.82. The number of nitrogens with zero attached hydrogens (tertiary/aromatic N) is 1. The molecule has 1 aliphatic heterocycles. The van der Waals surface area contributed by atoms with E-state index in [4.69, 9.17) is 11.6 Å². The molecule has 1 fully saturated rings. The van der Waals surface area contributed by atoms with Crippen molar-refractivity contribution in [2.75, 3.05) is 19.3 Å². The van der Waals surface area contributed by atoms with Gasteiger partial charge >= 0.3 is 0 Å². The number of hydrogen-bond donors (Lipinski definition) is 0. The Balaban J connectivity index is 1.82. The molecular formula is C19H20ClNO5S2. The molecule has 2 aromatic rings. The van der Waals surface area contributed by atoms with Gasteiger partial charge in [0, 0.05) is 35.8 Å². The Labute approximate surface area is 170 Å². The first kappa shape index (κ1) is 21.0. The highest BCUT2D eigenvalue weighted by atomic mass is 35.5. The van der Waals surface area contributed by atoms with E-state index in [1.54, 1.807) is 24.3 Å². The zero-order valence-corrected chi connectivity index (χ0v) is 17.6. The van der Waals surface area contributed by atoms with E-state index in [-0.39, 0.29) is 22.1 Å². The average Bonchev–Trinajstić information content (AvgIpc) is 2.67. The van der Waals surface area contributed by atoms with E-state index in [1.807, 2.05) is 0 Å². The van der Waals surface area contributed by atoms with Gasteiger partial charge in [0.25, 0.3) is 0 Å². The van der Waals surface area contributed by atoms with Gasteiger partial charge in [-0.3, -0.25) is 4.79 Å². The van der Waals surface area contributed by atoms with Crippen LogP contribution < -0.4 is 0 Å². The van der Waals surface area contributed by atoms with Gasteiger partial charge in [-0.1, -0.05) is 23.7 Å². The summed E-state index contributed by atoms with van der Waals surface area (Å²) in [5.41, 5.74) is 0.467. The number of ketones is 1. The highest BCUT2D eigenvalue weighted by Gasteiger charge is 2.33. The Morgan fingerprint density at radius 1 is 1.04 bits per heavy atom. The van der Waals surface area contributed by atoms with E-state index >= 15 is 0 Å². The lowest BCUT2D eigenvalue weighted by atomic mass is 9.91. The Kier molecular flexibility index (Phi) is 5.95. The van der Waals surface area contributed by atoms with Crippen LogP contribution in [0.4, 0.5) is 0 Å². The van der Waals surface area contributed by atoms with Gasteiger partial charge in [0.1, 0.15) is 0 Å². The van der Waals surface area contributed by atoms with Crippen molar-refractivity contribution in [1.82, 2.24) is 4.31 Å². The van der Waals surface area contributed by atoms with Gasteiger partial charge in [-0.2, -0.15) is 4.31 Å². The lowest BCUT2D eigenvalue weighted by molar-refractivity contribution is 0.0872. The number of sulfone groups is 1. The summed E-state index contributed by atoms with van der Waals surface area (Å²) in [6.45, 7) is 0.400. The predicted octanol–water partition coefficient (Wildman–Crippen LogP) is 3.03. The molecule has 0 aliphatic carbocycles. The highest BCUT2D eigenvalue weighted by molar-refractivity contribution is 7.90. The Morgan fingerprint density at radius 3 is 2.29 bits per heavy atom. The van der Waals surface area contributed by atoms with Crippen molar-refractivity contribution < 1.29 is 21.6 Å². The molecular weight excluding hydrogens is 422 g/mol. The summed E-state index contributed by atoms with van der Waals surface area (Å²) >= 11 is 5.95. The van der Waals surface area contributed by atoms with Crippen LogP contribution in [0.3, 0.4) is 0 Å². The van der Waals surface area contributed by atoms with Crippen molar-refractivity contribution in [2.24, 2.45) is 5.92 Å². The molecule has 28 heavy (non-hydrogen) atoms. The first-order chi connectivity index (χ1) is 13.1. The Hall–Kier alpha value is -1.74. The highest BCUT2D eigenvalue weighted by Crippen LogP contribution is 2.27. The van der Waals surface area contributed by atoms with Crippen LogP contribution in [0.15, 0.2) is 58.3 Å². The number of benzene rings is 2. The summed E-state index contributed by atoms with van der Waals surface area (Å²) in [7, 11) is -7.23. The summed E-state index contributed by atoms with van der Waals surface area (Å²) in [6, 6.07) is 11.8. The number of hydrogen-bond acceptors (Lipinski definition) is 5. The van der Waals surface area contributed by atoms with Crippen LogP contribution in [0.25, 0.3) is 0 Å². The van der Waals surface area contributed by atoms with Crippen molar-refractivity contribution in [3.63, 3.8) is 0 Å². The number of carbonyl (C=O) groups is 1. The van der Waals surface area contributed by atoms with E-state index in [0.717, 1.165) is 6.26 Å². The van der Waals surface area contributed by atoms with Crippen molar-refractivity contribution in [2.45, 2.75) is 22.6 Å². The summed E-state index contributed by atoms with van der Waals surface area (Å²) in [6.07, 6.45) is 2.23. The first-order valence-corrected chi connectivity index (χ1v) is 12.4. The number of sulfonamides is 1. The van der Waals surface area contributed by atoms with Crippen LogP contribution in [-0.2, 0) is 19.9 Å². The number of piperidine rings is 1. The van der Waals surface area contributed by atoms with Gasteiger partial charge < -0.3 is 0 Å². The Bertz CT molecular complexity index is 1100. The molecule has 0 N–H and O–H groups in total. The SMILES string of the molecule is CS(=O)(=O)c1ccc(S(=O)(=O)N2CCCC(C(=O)c3cccc(Cl)c3)C2)cc1. The van der Waals surface area contributed by atoms with Gasteiger partial charge in [0.2, 0.25) is 10.0 Å². The molecule has 0 radical (unpaired) electrons. The van der Waals surface area contributed by atoms with E-state index in [1.165, 1.54) is 28.6 Å². The zero-order chi connectivity index (χ0) is 20.5. The standard InChI is InChI=1S/C19H20ClNO5S2/c1-27(23,24)17-7-9-18(10-8-17)28(25,26)21-11-3-5-15(13-21)19(22)14-4-2-6-16(20)12-14/h2,4,6-10,12,15H,3,5,11,13H2,1H3. The van der Waals surface area contributed by atoms with Crippen molar-refractivity contribution in [3.8, 4) is 0 Å². The molecule has 1 unspecified atom stereocenters. The normalized spacial score (nSPS) is 18.7. The van der Waals surface area contributed by atoms with Crippen molar-refractivity contribution >= 4 is 37.2 Å². The predicted molar refractivity (Wildman–Crippen MR) is 107 cm³/mol. The molecule has 150 valence electrons. The fraction of sp³-hybridized carbons (Fsp3) is 0.316. The van der Waals surface area contributed by atoms with Crippen LogP contribution in [0.2, 0.25) is 5.02 Å². The summed E-state index contributed by atoms with van der Waals surface area (Å²) in [5.74, 6) is -0.577. The fourth-order valence-corrected chi connectivity index (χ4v) is 5.60. The van der Waals surface area contributed by atoms with Gasteiger partial charge in [-0.15, -0.1) is 0 Å². The van der Waals surface area contributed by atoms with E-state index in [2.05, 4.69) is 0 Å². The summed E-state index contributed by atoms with van der Waals surface area (Å²) in [4.78, 5) is 12.8. The second-order valence-corrected chi connectivity index (χ2v) is 11.2. The van der Waals surface area contributed by atoms with Gasteiger partial charge in [-0.05, 0) is 49.2 Å². The average molecular weight is 442 g/mol. The fourth-order valence-electron chi connectivity index (χ4n) is 3.26. The monoisotopic (exact) mass is 441 g/mol. The summed E-state index contributed by atoms with van der Waals surface area (Å²) in [5, 5.41) is 0.456. The topological polar surface area (TPSA) is 88.6 Å². The van der Waals surface area contributed by atoms with E-state index in [9.17, 15) is 21.6 Å². The third-order valence-corrected chi connectivity index (χ3v) is 8.00. The number of halogens is 1. The molecule has 1 saturated heterocycles. The molecule has 0 spiro atoms. The lowest BCUT2D eigenvalue weighted by Crippen LogP contribution is -2.42. The molecule has 1 atom stereocenters. The second kappa shape index (κ2) is 7.94. The van der Waals surface area contributed by atoms with Gasteiger partial charge in [0.15, 0.2) is 15.6 Å². The van der Waals surface area contributed by atoms with Crippen LogP contribution in [0.1, 0.15) is 23.2 Å². The molecule has 3 rings (SSSR count). The van der Waals surface area contributed by atoms with E-state index < -0.39 is 25.8 Å². The molecule has 0 saturated carbocycles. The number of Topliss-reactive ketones (excluding diaryl/α,β-unsaturated/α-hetero) is 1. The van der Waals surface area contributed by atoms with Crippen LogP contribution >= 0.6 is 11.6 Å². The number of carbonyl (C=O) groups excluding carboxylic acids is 1. The molecule has 2 aromatic carbocycles. The minimum Gasteiger partial charge on any atom is -0.294 e. The lowest BCUT2D eigenvalue weighted by Gasteiger charge is -2.31. The van der Waals surface area contributed by atoms with Crippen LogP contribution in [0, 0.1) is 5.92 Å². The molecule has 0 amide bonds. The maximum Gasteiger partial charge on any atom is 0.243 e. The zero-order valence-electron chi connectivity index (χ0n) is 15.2. The van der Waals surface area contributed by atoms with E-state index in [0.29, 0.717) is 30.0 Å². The maximum absolute atomic E-state index is 13.0. The van der Waals surface area contributed by atoms with Gasteiger partial charge in [-0.25, -0.2) is 16.8 Å². The number of rotatable bonds is 5. The van der Waals surface area contributed by atoms with Gasteiger partial charge in [0.05, 0.1) is 9.79 Å². The molecule has 0 aromatic heterocycles. The maximum atomic E-state index is 13.0. The second-order valence-electron chi connectivity index (χ2n) is 6.82. The molecule has 1 heterocycles. The van der Waals surface area contributed by atoms with Crippen LogP contribution in [0.5, 0.6) is 0 Å². The smallest absolute Gasteiger partial charge is 0.243 e. The molecule has 0 bridgehead atoms. The van der Waals surface area contributed by atoms with Crippen LogP contribution in [-0.4, -0.2) is 46.3 Å². The molecule has 9 heteroatoms.